The molecule has 2 rings (SSSR count). The largest absolute Gasteiger partial charge is 0.329 e. The van der Waals surface area contributed by atoms with Crippen LogP contribution in [0.25, 0.3) is 0 Å². The van der Waals surface area contributed by atoms with E-state index in [1.165, 1.54) is 5.56 Å². The number of rotatable bonds is 3. The van der Waals surface area contributed by atoms with Crippen LogP contribution in [0.3, 0.4) is 0 Å². The molecule has 0 aliphatic rings. The minimum absolute atomic E-state index is 0. The summed E-state index contributed by atoms with van der Waals surface area (Å²) in [7, 11) is 0. The molecule has 0 radical (unpaired) electrons. The average Bonchev–Trinajstić information content (AvgIpc) is 2.67. The smallest absolute Gasteiger partial charge is 0.0951 e. The molecule has 1 aromatic heterocycles. The maximum absolute atomic E-state index is 5.78. The lowest BCUT2D eigenvalue weighted by atomic mass is 10.2. The molecule has 1 heterocycles. The van der Waals surface area contributed by atoms with Crippen molar-refractivity contribution in [3.05, 3.63) is 54.1 Å². The topological polar surface area (TPSA) is 17.8 Å². The van der Waals surface area contributed by atoms with Crippen molar-refractivity contribution in [2.75, 3.05) is 0 Å². The third kappa shape index (κ3) is 2.98. The zero-order chi connectivity index (χ0) is 9.80. The van der Waals surface area contributed by atoms with Gasteiger partial charge in [-0.2, -0.15) is 0 Å². The molecule has 0 fully saturated rings. The van der Waals surface area contributed by atoms with Gasteiger partial charge in [0, 0.05) is 12.7 Å². The summed E-state index contributed by atoms with van der Waals surface area (Å²) in [5.41, 5.74) is 2.31. The molecule has 0 atom stereocenters. The van der Waals surface area contributed by atoms with Gasteiger partial charge < -0.3 is 4.57 Å². The van der Waals surface area contributed by atoms with Crippen LogP contribution in [0.5, 0.6) is 0 Å². The van der Waals surface area contributed by atoms with Gasteiger partial charge in [0.05, 0.1) is 17.9 Å². The average molecular weight is 243 g/mol. The number of hydrogen-bond acceptors (Lipinski definition) is 1. The Bertz CT molecular complexity index is 398. The lowest BCUT2D eigenvalue weighted by molar-refractivity contribution is 0.765. The van der Waals surface area contributed by atoms with E-state index in [0.29, 0.717) is 5.88 Å². The fourth-order valence-electron chi connectivity index (χ4n) is 1.38. The molecule has 80 valence electrons. The lowest BCUT2D eigenvalue weighted by Crippen LogP contribution is -2.01. The Labute approximate surface area is 100 Å². The third-order valence-corrected chi connectivity index (χ3v) is 2.41. The van der Waals surface area contributed by atoms with Crippen molar-refractivity contribution in [1.82, 2.24) is 9.55 Å². The highest BCUT2D eigenvalue weighted by Gasteiger charge is 2.00. The zero-order valence-electron chi connectivity index (χ0n) is 8.14. The van der Waals surface area contributed by atoms with Gasteiger partial charge in [0.1, 0.15) is 0 Å². The molecule has 15 heavy (non-hydrogen) atoms. The molecule has 0 amide bonds. The first-order chi connectivity index (χ1) is 6.90. The number of imidazole rings is 1. The molecule has 0 N–H and O–H groups in total. The Balaban J connectivity index is 0.00000112. The summed E-state index contributed by atoms with van der Waals surface area (Å²) < 4.78 is 2.06. The van der Waals surface area contributed by atoms with Crippen molar-refractivity contribution >= 4 is 24.0 Å². The van der Waals surface area contributed by atoms with Gasteiger partial charge in [0.25, 0.3) is 0 Å². The van der Waals surface area contributed by atoms with Gasteiger partial charge in [-0.05, 0) is 5.56 Å². The zero-order valence-corrected chi connectivity index (χ0v) is 9.71. The van der Waals surface area contributed by atoms with E-state index in [1.807, 2.05) is 24.5 Å². The van der Waals surface area contributed by atoms with E-state index in [-0.39, 0.29) is 12.4 Å². The number of nitrogens with zero attached hydrogens (tertiary/aromatic N) is 2. The number of alkyl halides is 1. The molecule has 0 saturated carbocycles. The highest BCUT2D eigenvalue weighted by molar-refractivity contribution is 6.16. The van der Waals surface area contributed by atoms with Crippen LogP contribution in [0.1, 0.15) is 11.3 Å². The van der Waals surface area contributed by atoms with Gasteiger partial charge in [-0.25, -0.2) is 4.98 Å². The molecular weight excluding hydrogens is 231 g/mol. The first-order valence-corrected chi connectivity index (χ1v) is 5.02. The number of benzene rings is 1. The van der Waals surface area contributed by atoms with Gasteiger partial charge in [-0.3, -0.25) is 0 Å². The molecule has 0 saturated heterocycles. The third-order valence-electron chi connectivity index (χ3n) is 2.13. The van der Waals surface area contributed by atoms with Crippen LogP contribution in [-0.4, -0.2) is 9.55 Å². The standard InChI is InChI=1S/C11H11ClN2.ClH/c12-6-11-7-13-9-14(11)8-10-4-2-1-3-5-10;/h1-5,7,9H,6,8H2;1H. The van der Waals surface area contributed by atoms with Crippen molar-refractivity contribution in [2.24, 2.45) is 0 Å². The van der Waals surface area contributed by atoms with Crippen LogP contribution in [0, 0.1) is 0 Å². The summed E-state index contributed by atoms with van der Waals surface area (Å²) in [6.45, 7) is 0.836. The fraction of sp³-hybridized carbons (Fsp3) is 0.182. The summed E-state index contributed by atoms with van der Waals surface area (Å²) in [4.78, 5) is 4.07. The molecule has 0 aliphatic heterocycles. The molecule has 1 aromatic carbocycles. The first kappa shape index (κ1) is 12.1. The summed E-state index contributed by atoms with van der Waals surface area (Å²) >= 11 is 5.78. The van der Waals surface area contributed by atoms with Gasteiger partial charge in [0.15, 0.2) is 0 Å². The normalized spacial score (nSPS) is 9.67. The second kappa shape index (κ2) is 5.79. The highest BCUT2D eigenvalue weighted by atomic mass is 35.5. The van der Waals surface area contributed by atoms with E-state index >= 15 is 0 Å². The van der Waals surface area contributed by atoms with Gasteiger partial charge in [-0.15, -0.1) is 24.0 Å². The number of halogens is 2. The van der Waals surface area contributed by atoms with Crippen LogP contribution in [-0.2, 0) is 12.4 Å². The van der Waals surface area contributed by atoms with Crippen molar-refractivity contribution < 1.29 is 0 Å². The predicted octanol–water partition coefficient (Wildman–Crippen LogP) is 3.09. The van der Waals surface area contributed by atoms with Gasteiger partial charge in [0.2, 0.25) is 0 Å². The van der Waals surface area contributed by atoms with E-state index in [9.17, 15) is 0 Å². The molecule has 0 unspecified atom stereocenters. The van der Waals surface area contributed by atoms with E-state index in [0.717, 1.165) is 12.2 Å². The maximum atomic E-state index is 5.78. The number of hydrogen-bond donors (Lipinski definition) is 0. The fourth-order valence-corrected chi connectivity index (χ4v) is 1.60. The van der Waals surface area contributed by atoms with E-state index in [1.54, 1.807) is 6.20 Å². The van der Waals surface area contributed by atoms with Crippen LogP contribution in [0.2, 0.25) is 0 Å². The van der Waals surface area contributed by atoms with Crippen molar-refractivity contribution in [3.8, 4) is 0 Å². The Kier molecular flexibility index (Phi) is 4.66. The Hall–Kier alpha value is -0.990. The lowest BCUT2D eigenvalue weighted by Gasteiger charge is -2.05. The SMILES string of the molecule is Cl.ClCc1cncn1Cc1ccccc1. The molecule has 0 aliphatic carbocycles. The molecule has 2 nitrogen and oxygen atoms in total. The number of aromatic nitrogens is 2. The highest BCUT2D eigenvalue weighted by Crippen LogP contribution is 2.07. The van der Waals surface area contributed by atoms with E-state index in [4.69, 9.17) is 11.6 Å². The summed E-state index contributed by atoms with van der Waals surface area (Å²) in [6, 6.07) is 10.3. The van der Waals surface area contributed by atoms with Gasteiger partial charge >= 0.3 is 0 Å². The molecule has 0 spiro atoms. The van der Waals surface area contributed by atoms with E-state index in [2.05, 4.69) is 21.7 Å². The van der Waals surface area contributed by atoms with Crippen molar-refractivity contribution in [1.29, 1.82) is 0 Å². The van der Waals surface area contributed by atoms with Gasteiger partial charge in [-0.1, -0.05) is 30.3 Å². The monoisotopic (exact) mass is 242 g/mol. The predicted molar refractivity (Wildman–Crippen MR) is 64.6 cm³/mol. The van der Waals surface area contributed by atoms with E-state index < -0.39 is 0 Å². The second-order valence-electron chi connectivity index (χ2n) is 3.13. The molecule has 4 heteroatoms. The first-order valence-electron chi connectivity index (χ1n) is 4.49. The quantitative estimate of drug-likeness (QED) is 0.757. The second-order valence-corrected chi connectivity index (χ2v) is 3.40. The maximum Gasteiger partial charge on any atom is 0.0951 e. The van der Waals surface area contributed by atoms with Crippen LogP contribution in [0.15, 0.2) is 42.9 Å². The van der Waals surface area contributed by atoms with Crippen LogP contribution >= 0.6 is 24.0 Å². The Morgan fingerprint density at radius 1 is 1.20 bits per heavy atom. The summed E-state index contributed by atoms with van der Waals surface area (Å²) in [5, 5.41) is 0. The molecule has 0 bridgehead atoms. The van der Waals surface area contributed by atoms with Crippen LogP contribution < -0.4 is 0 Å². The van der Waals surface area contributed by atoms with Crippen LogP contribution in [0.4, 0.5) is 0 Å². The molecule has 2 aromatic rings. The summed E-state index contributed by atoms with van der Waals surface area (Å²) in [6.07, 6.45) is 3.61. The summed E-state index contributed by atoms with van der Waals surface area (Å²) in [5.74, 6) is 0.507. The van der Waals surface area contributed by atoms with Crippen molar-refractivity contribution in [2.45, 2.75) is 12.4 Å². The van der Waals surface area contributed by atoms with Crippen molar-refractivity contribution in [3.63, 3.8) is 0 Å². The molecular formula is C11H12Cl2N2. The Morgan fingerprint density at radius 2 is 1.93 bits per heavy atom. The Morgan fingerprint density at radius 3 is 2.60 bits per heavy atom. The minimum atomic E-state index is 0. The minimum Gasteiger partial charge on any atom is -0.329 e.